The fraction of sp³-hybridized carbons (Fsp3) is 0.182. The Kier molecular flexibility index (Phi) is 4.61. The first-order chi connectivity index (χ1) is 13.6. The first-order valence-corrected chi connectivity index (χ1v) is 8.98. The molecule has 2 N–H and O–H groups in total. The molecule has 1 aliphatic carbocycles. The fourth-order valence-corrected chi connectivity index (χ4v) is 3.62. The highest BCUT2D eigenvalue weighted by atomic mass is 16.6. The maximum Gasteiger partial charge on any atom is 0.414 e. The third-order valence-corrected chi connectivity index (χ3v) is 5.09. The minimum Gasteiger partial charge on any atom is -0.481 e. The van der Waals surface area contributed by atoms with Gasteiger partial charge in [0.05, 0.1) is 12.2 Å². The second kappa shape index (κ2) is 7.23. The number of rotatable bonds is 5. The van der Waals surface area contributed by atoms with Crippen molar-refractivity contribution in [3.8, 4) is 11.1 Å². The van der Waals surface area contributed by atoms with Crippen LogP contribution >= 0.6 is 0 Å². The molecule has 6 heteroatoms. The van der Waals surface area contributed by atoms with Gasteiger partial charge in [0.15, 0.2) is 0 Å². The van der Waals surface area contributed by atoms with E-state index in [1.54, 1.807) is 0 Å². The summed E-state index contributed by atoms with van der Waals surface area (Å²) in [7, 11) is 0. The van der Waals surface area contributed by atoms with Crippen LogP contribution in [0.5, 0.6) is 0 Å². The number of carbonyl (C=O) groups is 2. The third-order valence-electron chi connectivity index (χ3n) is 5.09. The molecule has 142 valence electrons. The average Bonchev–Trinajstić information content (AvgIpc) is 3.28. The van der Waals surface area contributed by atoms with Crippen LogP contribution < -0.4 is 5.32 Å². The summed E-state index contributed by atoms with van der Waals surface area (Å²) >= 11 is 0. The van der Waals surface area contributed by atoms with E-state index in [0.717, 1.165) is 22.3 Å². The summed E-state index contributed by atoms with van der Waals surface area (Å²) in [5, 5.41) is 11.7. The van der Waals surface area contributed by atoms with E-state index in [-0.39, 0.29) is 18.4 Å². The molecule has 1 atom stereocenters. The molecule has 1 aromatic heterocycles. The second-order valence-corrected chi connectivity index (χ2v) is 6.72. The van der Waals surface area contributed by atoms with Gasteiger partial charge in [-0.3, -0.25) is 10.1 Å². The van der Waals surface area contributed by atoms with E-state index in [2.05, 4.69) is 17.4 Å². The Bertz CT molecular complexity index is 993. The summed E-state index contributed by atoms with van der Waals surface area (Å²) in [4.78, 5) is 23.5. The lowest BCUT2D eigenvalue weighted by Crippen LogP contribution is -2.19. The molecule has 1 aliphatic rings. The van der Waals surface area contributed by atoms with Crippen molar-refractivity contribution in [1.29, 1.82) is 0 Å². The summed E-state index contributed by atoms with van der Waals surface area (Å²) in [5.74, 6) is -1.76. The normalized spacial score (nSPS) is 13.5. The highest BCUT2D eigenvalue weighted by Gasteiger charge is 2.29. The molecule has 0 unspecified atom stereocenters. The Labute approximate surface area is 161 Å². The smallest absolute Gasteiger partial charge is 0.414 e. The maximum absolute atomic E-state index is 12.3. The van der Waals surface area contributed by atoms with E-state index >= 15 is 0 Å². The molecule has 0 radical (unpaired) electrons. The van der Waals surface area contributed by atoms with Crippen molar-refractivity contribution in [2.75, 3.05) is 11.9 Å². The van der Waals surface area contributed by atoms with Gasteiger partial charge < -0.3 is 14.3 Å². The summed E-state index contributed by atoms with van der Waals surface area (Å²) in [6, 6.07) is 17.7. The van der Waals surface area contributed by atoms with E-state index in [1.807, 2.05) is 36.4 Å². The number of nitrogens with one attached hydrogen (secondary N) is 1. The summed E-state index contributed by atoms with van der Waals surface area (Å²) < 4.78 is 10.7. The maximum atomic E-state index is 12.3. The molecule has 2 aromatic carbocycles. The van der Waals surface area contributed by atoms with Crippen LogP contribution in [0.25, 0.3) is 11.1 Å². The number of amides is 1. The highest BCUT2D eigenvalue weighted by Crippen LogP contribution is 2.44. The zero-order chi connectivity index (χ0) is 19.7. The summed E-state index contributed by atoms with van der Waals surface area (Å²) in [5.41, 5.74) is 4.93. The minimum atomic E-state index is -1.00. The molecule has 0 spiro atoms. The number of anilines is 1. The van der Waals surface area contributed by atoms with E-state index in [1.165, 1.54) is 19.3 Å². The molecule has 1 heterocycles. The van der Waals surface area contributed by atoms with Crippen molar-refractivity contribution < 1.29 is 23.8 Å². The lowest BCUT2D eigenvalue weighted by Gasteiger charge is -2.14. The molecule has 1 amide bonds. The van der Waals surface area contributed by atoms with E-state index < -0.39 is 18.0 Å². The predicted molar refractivity (Wildman–Crippen MR) is 103 cm³/mol. The SMILES string of the molecule is C[C@H](C(=O)O)c1ccoc1NC(=O)OCC1c2ccccc2-c2ccccc21. The topological polar surface area (TPSA) is 88.8 Å². The number of hydrogen-bond donors (Lipinski definition) is 2. The predicted octanol–water partition coefficient (Wildman–Crippen LogP) is 4.83. The number of hydrogen-bond acceptors (Lipinski definition) is 4. The van der Waals surface area contributed by atoms with Gasteiger partial charge in [-0.1, -0.05) is 48.5 Å². The molecule has 28 heavy (non-hydrogen) atoms. The quantitative estimate of drug-likeness (QED) is 0.665. The molecule has 0 saturated carbocycles. The van der Waals surface area contributed by atoms with Crippen molar-refractivity contribution in [3.05, 3.63) is 77.6 Å². The van der Waals surface area contributed by atoms with E-state index in [9.17, 15) is 9.59 Å². The Morgan fingerprint density at radius 1 is 1.07 bits per heavy atom. The zero-order valence-electron chi connectivity index (χ0n) is 15.2. The number of ether oxygens (including phenoxy) is 1. The minimum absolute atomic E-state index is 0.0489. The summed E-state index contributed by atoms with van der Waals surface area (Å²) in [6.07, 6.45) is 0.657. The van der Waals surface area contributed by atoms with Crippen LogP contribution in [0.3, 0.4) is 0 Å². The number of furan rings is 1. The van der Waals surface area contributed by atoms with Gasteiger partial charge in [-0.05, 0) is 35.2 Å². The highest BCUT2D eigenvalue weighted by molar-refractivity contribution is 5.86. The first kappa shape index (κ1) is 17.9. The van der Waals surface area contributed by atoms with Crippen molar-refractivity contribution >= 4 is 17.9 Å². The summed E-state index contributed by atoms with van der Waals surface area (Å²) in [6.45, 7) is 1.69. The van der Waals surface area contributed by atoms with Crippen LogP contribution in [0.15, 0.2) is 65.3 Å². The fourth-order valence-electron chi connectivity index (χ4n) is 3.62. The number of fused-ring (bicyclic) bond motifs is 3. The number of carboxylic acid groups (broad SMARTS) is 1. The standard InChI is InChI=1S/C22H19NO5/c1-13(21(24)25)14-10-11-27-20(14)23-22(26)28-12-19-17-8-4-2-6-15(17)16-7-3-5-9-18(16)19/h2-11,13,19H,12H2,1H3,(H,23,26)(H,24,25)/t13-/m0/s1. The molecule has 0 fully saturated rings. The third kappa shape index (κ3) is 3.13. The largest absolute Gasteiger partial charge is 0.481 e. The molecule has 4 rings (SSSR count). The van der Waals surface area contributed by atoms with E-state index in [0.29, 0.717) is 5.56 Å². The van der Waals surface area contributed by atoms with Gasteiger partial charge in [0.1, 0.15) is 6.61 Å². The Morgan fingerprint density at radius 3 is 2.29 bits per heavy atom. The lowest BCUT2D eigenvalue weighted by molar-refractivity contribution is -0.138. The van der Waals surface area contributed by atoms with Gasteiger partial charge in [0.25, 0.3) is 0 Å². The molecule has 0 bridgehead atoms. The van der Waals surface area contributed by atoms with Crippen molar-refractivity contribution in [2.24, 2.45) is 0 Å². The molecule has 6 nitrogen and oxygen atoms in total. The van der Waals surface area contributed by atoms with Gasteiger partial charge in [0, 0.05) is 11.5 Å². The molecular weight excluding hydrogens is 358 g/mol. The number of aliphatic carboxylic acids is 1. The van der Waals surface area contributed by atoms with Crippen molar-refractivity contribution in [3.63, 3.8) is 0 Å². The Hall–Kier alpha value is -3.54. The van der Waals surface area contributed by atoms with Crippen LogP contribution in [0.1, 0.15) is 35.4 Å². The van der Waals surface area contributed by atoms with Crippen LogP contribution in [0, 0.1) is 0 Å². The zero-order valence-corrected chi connectivity index (χ0v) is 15.2. The van der Waals surface area contributed by atoms with Crippen molar-refractivity contribution in [1.82, 2.24) is 0 Å². The van der Waals surface area contributed by atoms with E-state index in [4.69, 9.17) is 14.3 Å². The van der Waals surface area contributed by atoms with Gasteiger partial charge >= 0.3 is 12.1 Å². The van der Waals surface area contributed by atoms with Gasteiger partial charge in [-0.15, -0.1) is 0 Å². The van der Waals surface area contributed by atoms with Crippen LogP contribution in [0.2, 0.25) is 0 Å². The molecule has 3 aromatic rings. The second-order valence-electron chi connectivity index (χ2n) is 6.72. The first-order valence-electron chi connectivity index (χ1n) is 8.98. The van der Waals surface area contributed by atoms with Crippen molar-refractivity contribution in [2.45, 2.75) is 18.8 Å². The molecular formula is C22H19NO5. The number of carbonyl (C=O) groups excluding carboxylic acids is 1. The number of benzene rings is 2. The lowest BCUT2D eigenvalue weighted by atomic mass is 9.98. The average molecular weight is 377 g/mol. The number of carboxylic acids is 1. The molecule has 0 aliphatic heterocycles. The Morgan fingerprint density at radius 2 is 1.68 bits per heavy atom. The van der Waals surface area contributed by atoms with Crippen LogP contribution in [0.4, 0.5) is 10.7 Å². The van der Waals surface area contributed by atoms with Crippen LogP contribution in [-0.2, 0) is 9.53 Å². The molecule has 0 saturated heterocycles. The van der Waals surface area contributed by atoms with Crippen LogP contribution in [-0.4, -0.2) is 23.8 Å². The van der Waals surface area contributed by atoms with Gasteiger partial charge in [-0.25, -0.2) is 4.79 Å². The van der Waals surface area contributed by atoms with Gasteiger partial charge in [-0.2, -0.15) is 0 Å². The monoisotopic (exact) mass is 377 g/mol. The van der Waals surface area contributed by atoms with Gasteiger partial charge in [0.2, 0.25) is 5.88 Å². The Balaban J connectivity index is 1.48.